The van der Waals surface area contributed by atoms with E-state index < -0.39 is 31.0 Å². The van der Waals surface area contributed by atoms with Crippen molar-refractivity contribution in [1.29, 1.82) is 0 Å². The van der Waals surface area contributed by atoms with Gasteiger partial charge in [-0.2, -0.15) is 0 Å². The lowest BCUT2D eigenvalue weighted by molar-refractivity contribution is -0.126. The van der Waals surface area contributed by atoms with Crippen molar-refractivity contribution in [2.45, 2.75) is 69.9 Å². The highest BCUT2D eigenvalue weighted by molar-refractivity contribution is 5.75. The van der Waals surface area contributed by atoms with Crippen LogP contribution in [0, 0.1) is 0 Å². The zero-order valence-corrected chi connectivity index (χ0v) is 12.6. The van der Waals surface area contributed by atoms with Crippen molar-refractivity contribution in [2.75, 3.05) is 13.2 Å². The van der Waals surface area contributed by atoms with Gasteiger partial charge in [0, 0.05) is 13.0 Å². The minimum absolute atomic E-state index is 0.218. The van der Waals surface area contributed by atoms with Crippen LogP contribution in [-0.4, -0.2) is 69.0 Å². The normalized spacial score (nSPS) is 17.0. The molecule has 0 aliphatic carbocycles. The smallest absolute Gasteiger partial charge is 0.220 e. The third kappa shape index (κ3) is 9.00. The van der Waals surface area contributed by atoms with Gasteiger partial charge in [0.1, 0.15) is 18.3 Å². The van der Waals surface area contributed by atoms with Crippen LogP contribution >= 0.6 is 0 Å². The summed E-state index contributed by atoms with van der Waals surface area (Å²) < 4.78 is 0. The van der Waals surface area contributed by atoms with E-state index in [9.17, 15) is 20.1 Å². The zero-order valence-electron chi connectivity index (χ0n) is 12.6. The summed E-state index contributed by atoms with van der Waals surface area (Å²) in [5.41, 5.74) is 0. The maximum absolute atomic E-state index is 11.5. The third-order valence-electron chi connectivity index (χ3n) is 3.34. The predicted octanol–water partition coefficient (Wildman–Crippen LogP) is -1.10. The number of aliphatic hydroxyl groups is 5. The number of aliphatic hydroxyl groups excluding tert-OH is 5. The fraction of sp³-hybridized carbons (Fsp3) is 0.929. The summed E-state index contributed by atoms with van der Waals surface area (Å²) in [4.78, 5) is 11.5. The molecule has 0 heterocycles. The molecule has 0 aliphatic rings. The first-order chi connectivity index (χ1) is 9.93. The van der Waals surface area contributed by atoms with Crippen molar-refractivity contribution in [3.63, 3.8) is 0 Å². The topological polar surface area (TPSA) is 130 Å². The molecule has 7 nitrogen and oxygen atoms in total. The molecular weight excluding hydrogens is 278 g/mol. The van der Waals surface area contributed by atoms with Crippen LogP contribution in [0.5, 0.6) is 0 Å². The number of unbranched alkanes of at least 4 members (excludes halogenated alkanes) is 4. The number of carbonyl (C=O) groups is 1. The van der Waals surface area contributed by atoms with Crippen LogP contribution in [0.4, 0.5) is 0 Å². The monoisotopic (exact) mass is 307 g/mol. The van der Waals surface area contributed by atoms with Crippen molar-refractivity contribution in [2.24, 2.45) is 0 Å². The average Bonchev–Trinajstić information content (AvgIpc) is 2.49. The number of carbonyl (C=O) groups excluding carboxylic acids is 1. The lowest BCUT2D eigenvalue weighted by Crippen LogP contribution is -2.49. The van der Waals surface area contributed by atoms with E-state index >= 15 is 0 Å². The van der Waals surface area contributed by atoms with Crippen LogP contribution in [0.3, 0.4) is 0 Å². The van der Waals surface area contributed by atoms with Gasteiger partial charge in [0.2, 0.25) is 5.91 Å². The van der Waals surface area contributed by atoms with Crippen LogP contribution in [-0.2, 0) is 4.79 Å². The molecule has 0 radical (unpaired) electrons. The fourth-order valence-electron chi connectivity index (χ4n) is 1.88. The summed E-state index contributed by atoms with van der Waals surface area (Å²) in [5.74, 6) is -0.227. The Labute approximate surface area is 125 Å². The van der Waals surface area contributed by atoms with Crippen molar-refractivity contribution in [3.05, 3.63) is 0 Å². The maximum atomic E-state index is 11.5. The van der Waals surface area contributed by atoms with Gasteiger partial charge in [0.05, 0.1) is 12.7 Å². The summed E-state index contributed by atoms with van der Waals surface area (Å²) in [6.45, 7) is 1.17. The lowest BCUT2D eigenvalue weighted by atomic mass is 10.0. The van der Waals surface area contributed by atoms with Gasteiger partial charge < -0.3 is 30.8 Å². The lowest BCUT2D eigenvalue weighted by Gasteiger charge is -2.25. The van der Waals surface area contributed by atoms with E-state index in [4.69, 9.17) is 10.2 Å². The molecule has 21 heavy (non-hydrogen) atoms. The van der Waals surface area contributed by atoms with Crippen LogP contribution in [0.15, 0.2) is 0 Å². The Hall–Kier alpha value is -0.730. The molecule has 0 saturated carbocycles. The Bertz CT molecular complexity index is 276. The molecule has 0 fully saturated rings. The Morgan fingerprint density at radius 1 is 0.952 bits per heavy atom. The highest BCUT2D eigenvalue weighted by Crippen LogP contribution is 2.06. The quantitative estimate of drug-likeness (QED) is 0.254. The second-order valence-electron chi connectivity index (χ2n) is 5.27. The molecule has 0 saturated heterocycles. The molecule has 0 spiro atoms. The second kappa shape index (κ2) is 11.9. The van der Waals surface area contributed by atoms with E-state index in [-0.39, 0.29) is 12.5 Å². The van der Waals surface area contributed by atoms with Crippen LogP contribution in [0.2, 0.25) is 0 Å². The molecule has 0 aromatic carbocycles. The summed E-state index contributed by atoms with van der Waals surface area (Å²) in [7, 11) is 0. The highest BCUT2D eigenvalue weighted by atomic mass is 16.4. The van der Waals surface area contributed by atoms with E-state index in [0.717, 1.165) is 32.1 Å². The Kier molecular flexibility index (Phi) is 11.5. The average molecular weight is 307 g/mol. The first-order valence-corrected chi connectivity index (χ1v) is 7.53. The Balaban J connectivity index is 3.85. The number of amides is 1. The molecule has 126 valence electrons. The molecule has 0 aromatic rings. The van der Waals surface area contributed by atoms with Gasteiger partial charge in [-0.3, -0.25) is 4.79 Å². The van der Waals surface area contributed by atoms with Crippen molar-refractivity contribution in [3.8, 4) is 0 Å². The van der Waals surface area contributed by atoms with Gasteiger partial charge in [-0.1, -0.05) is 32.6 Å². The Morgan fingerprint density at radius 2 is 1.52 bits per heavy atom. The van der Waals surface area contributed by atoms with Gasteiger partial charge in [0.15, 0.2) is 0 Å². The first kappa shape index (κ1) is 20.3. The molecule has 1 amide bonds. The van der Waals surface area contributed by atoms with Gasteiger partial charge in [0.25, 0.3) is 0 Å². The maximum Gasteiger partial charge on any atom is 0.220 e. The molecule has 0 rings (SSSR count). The highest BCUT2D eigenvalue weighted by Gasteiger charge is 2.29. The number of hydrogen-bond acceptors (Lipinski definition) is 6. The number of nitrogens with one attached hydrogen (secondary N) is 1. The van der Waals surface area contributed by atoms with Crippen molar-refractivity contribution < 1.29 is 30.3 Å². The molecule has 0 aromatic heterocycles. The first-order valence-electron chi connectivity index (χ1n) is 7.53. The number of rotatable bonds is 12. The molecular formula is C14H29NO6. The third-order valence-corrected chi connectivity index (χ3v) is 3.34. The van der Waals surface area contributed by atoms with E-state index in [2.05, 4.69) is 12.2 Å². The standard InChI is InChI=1S/C14H29NO6/c1-2-3-4-5-6-7-12(19)15-8-10(17)13(20)14(21)11(18)9-16/h10-11,13-14,16-18,20-21H,2-9H2,1H3,(H,15,19)/t10-,11+,13+,14+/m0/s1. The summed E-state index contributed by atoms with van der Waals surface area (Å²) >= 11 is 0. The van der Waals surface area contributed by atoms with Crippen LogP contribution in [0.25, 0.3) is 0 Å². The Morgan fingerprint density at radius 3 is 2.10 bits per heavy atom. The molecule has 6 N–H and O–H groups in total. The van der Waals surface area contributed by atoms with E-state index in [0.29, 0.717) is 6.42 Å². The predicted molar refractivity (Wildman–Crippen MR) is 77.5 cm³/mol. The second-order valence-corrected chi connectivity index (χ2v) is 5.27. The van der Waals surface area contributed by atoms with Gasteiger partial charge >= 0.3 is 0 Å². The number of hydrogen-bond donors (Lipinski definition) is 6. The van der Waals surface area contributed by atoms with Gasteiger partial charge in [-0.05, 0) is 6.42 Å². The van der Waals surface area contributed by atoms with Crippen LogP contribution in [0.1, 0.15) is 45.4 Å². The fourth-order valence-corrected chi connectivity index (χ4v) is 1.88. The van der Waals surface area contributed by atoms with E-state index in [1.165, 1.54) is 0 Å². The summed E-state index contributed by atoms with van der Waals surface area (Å²) in [5, 5.41) is 48.8. The molecule has 0 aliphatic heterocycles. The minimum Gasteiger partial charge on any atom is -0.394 e. The van der Waals surface area contributed by atoms with E-state index in [1.54, 1.807) is 0 Å². The molecule has 0 bridgehead atoms. The zero-order chi connectivity index (χ0) is 16.3. The van der Waals surface area contributed by atoms with Gasteiger partial charge in [-0.25, -0.2) is 0 Å². The van der Waals surface area contributed by atoms with Crippen molar-refractivity contribution >= 4 is 5.91 Å². The van der Waals surface area contributed by atoms with Crippen LogP contribution < -0.4 is 5.32 Å². The summed E-state index contributed by atoms with van der Waals surface area (Å²) in [6.07, 6.45) is -0.771. The molecule has 7 heteroatoms. The largest absolute Gasteiger partial charge is 0.394 e. The summed E-state index contributed by atoms with van der Waals surface area (Å²) in [6, 6.07) is 0. The van der Waals surface area contributed by atoms with E-state index in [1.807, 2.05) is 0 Å². The molecule has 4 atom stereocenters. The molecule has 0 unspecified atom stereocenters. The van der Waals surface area contributed by atoms with Gasteiger partial charge in [-0.15, -0.1) is 0 Å². The SMILES string of the molecule is CCCCCCCC(=O)NC[C@H](O)[C@@H](O)[C@H](O)[C@H](O)CO. The minimum atomic E-state index is -1.67. The van der Waals surface area contributed by atoms with Crippen molar-refractivity contribution in [1.82, 2.24) is 5.32 Å².